The van der Waals surface area contributed by atoms with E-state index in [0.717, 1.165) is 25.0 Å². The Morgan fingerprint density at radius 1 is 1.35 bits per heavy atom. The van der Waals surface area contributed by atoms with E-state index in [1.807, 2.05) is 18.2 Å². The van der Waals surface area contributed by atoms with Crippen molar-refractivity contribution in [3.8, 4) is 0 Å². The Morgan fingerprint density at radius 3 is 2.95 bits per heavy atom. The van der Waals surface area contributed by atoms with E-state index < -0.39 is 0 Å². The number of benzene rings is 1. The van der Waals surface area contributed by atoms with Crippen LogP contribution < -0.4 is 5.76 Å². The first kappa shape index (κ1) is 13.4. The van der Waals surface area contributed by atoms with Crippen molar-refractivity contribution in [3.63, 3.8) is 0 Å². The van der Waals surface area contributed by atoms with Crippen molar-refractivity contribution in [1.29, 1.82) is 0 Å². The highest BCUT2D eigenvalue weighted by Gasteiger charge is 2.24. The van der Waals surface area contributed by atoms with Gasteiger partial charge in [0.05, 0.1) is 11.6 Å². The molecule has 0 bridgehead atoms. The molecule has 2 unspecified atom stereocenters. The van der Waals surface area contributed by atoms with Crippen LogP contribution >= 0.6 is 0 Å². The van der Waals surface area contributed by atoms with Gasteiger partial charge in [-0.15, -0.1) is 0 Å². The van der Waals surface area contributed by atoms with Crippen LogP contribution in [-0.4, -0.2) is 40.3 Å². The molecular formula is C15H20N2O3. The molecule has 5 nitrogen and oxygen atoms in total. The lowest BCUT2D eigenvalue weighted by molar-refractivity contribution is 0.0279. The minimum atomic E-state index is -0.308. The Kier molecular flexibility index (Phi) is 3.63. The van der Waals surface area contributed by atoms with Gasteiger partial charge in [-0.05, 0) is 31.0 Å². The van der Waals surface area contributed by atoms with Crippen molar-refractivity contribution in [2.75, 3.05) is 19.6 Å². The summed E-state index contributed by atoms with van der Waals surface area (Å²) in [6.45, 7) is 5.09. The number of nitrogens with zero attached hydrogens (tertiary/aromatic N) is 2. The number of aliphatic hydroxyl groups is 1. The number of aromatic nitrogens is 1. The van der Waals surface area contributed by atoms with Crippen LogP contribution in [0.5, 0.6) is 0 Å². The standard InChI is InChI=1S/C15H20N2O3/c1-11-6-7-16(10-13(11)18)8-9-17-12-4-2-3-5-14(12)20-15(17)19/h2-5,11,13,18H,6-10H2,1H3. The number of likely N-dealkylation sites (tertiary alicyclic amines) is 1. The van der Waals surface area contributed by atoms with Crippen molar-refractivity contribution < 1.29 is 9.52 Å². The van der Waals surface area contributed by atoms with Crippen LogP contribution in [0.4, 0.5) is 0 Å². The van der Waals surface area contributed by atoms with Crippen molar-refractivity contribution >= 4 is 11.1 Å². The molecule has 1 saturated heterocycles. The monoisotopic (exact) mass is 276 g/mol. The van der Waals surface area contributed by atoms with Crippen LogP contribution in [0.25, 0.3) is 11.1 Å². The zero-order valence-electron chi connectivity index (χ0n) is 11.7. The first-order valence-electron chi connectivity index (χ1n) is 7.14. The van der Waals surface area contributed by atoms with E-state index in [4.69, 9.17) is 4.42 Å². The Hall–Kier alpha value is -1.59. The van der Waals surface area contributed by atoms with Gasteiger partial charge < -0.3 is 9.52 Å². The first-order chi connectivity index (χ1) is 9.65. The van der Waals surface area contributed by atoms with Gasteiger partial charge in [0.1, 0.15) is 0 Å². The molecule has 1 aliphatic rings. The van der Waals surface area contributed by atoms with E-state index in [2.05, 4.69) is 11.8 Å². The molecule has 0 amide bonds. The van der Waals surface area contributed by atoms with E-state index in [-0.39, 0.29) is 11.9 Å². The van der Waals surface area contributed by atoms with Crippen LogP contribution in [0.2, 0.25) is 0 Å². The van der Waals surface area contributed by atoms with Gasteiger partial charge in [-0.3, -0.25) is 9.47 Å². The molecule has 2 atom stereocenters. The third-order valence-electron chi connectivity index (χ3n) is 4.22. The molecule has 1 fully saturated rings. The SMILES string of the molecule is CC1CCN(CCn2c(=O)oc3ccccc32)CC1O. The summed E-state index contributed by atoms with van der Waals surface area (Å²) in [4.78, 5) is 14.1. The lowest BCUT2D eigenvalue weighted by atomic mass is 9.96. The largest absolute Gasteiger partial charge is 0.419 e. The van der Waals surface area contributed by atoms with Gasteiger partial charge in [0.15, 0.2) is 5.58 Å². The molecule has 0 aliphatic carbocycles. The average Bonchev–Trinajstić information content (AvgIpc) is 2.76. The highest BCUT2D eigenvalue weighted by molar-refractivity contribution is 5.72. The van der Waals surface area contributed by atoms with Crippen LogP contribution in [-0.2, 0) is 6.54 Å². The average molecular weight is 276 g/mol. The molecule has 0 spiro atoms. The molecule has 20 heavy (non-hydrogen) atoms. The predicted octanol–water partition coefficient (Wildman–Crippen LogP) is 1.30. The minimum Gasteiger partial charge on any atom is -0.408 e. The molecule has 2 heterocycles. The lowest BCUT2D eigenvalue weighted by Crippen LogP contribution is -2.44. The summed E-state index contributed by atoms with van der Waals surface area (Å²) in [6, 6.07) is 7.46. The van der Waals surface area contributed by atoms with Gasteiger partial charge in [-0.2, -0.15) is 0 Å². The van der Waals surface area contributed by atoms with Crippen molar-refractivity contribution in [2.45, 2.75) is 26.0 Å². The Bertz CT molecular complexity index is 646. The molecule has 2 aromatic rings. The number of para-hydroxylation sites is 2. The molecular weight excluding hydrogens is 256 g/mol. The van der Waals surface area contributed by atoms with E-state index in [1.54, 1.807) is 10.6 Å². The summed E-state index contributed by atoms with van der Waals surface area (Å²) in [5.74, 6) is 0.0563. The Morgan fingerprint density at radius 2 is 2.15 bits per heavy atom. The number of rotatable bonds is 3. The number of piperidine rings is 1. The summed E-state index contributed by atoms with van der Waals surface area (Å²) in [6.07, 6.45) is 0.740. The topological polar surface area (TPSA) is 58.6 Å². The van der Waals surface area contributed by atoms with Gasteiger partial charge >= 0.3 is 5.76 Å². The molecule has 0 saturated carbocycles. The van der Waals surface area contributed by atoms with Gasteiger partial charge in [0.2, 0.25) is 0 Å². The normalized spacial score (nSPS) is 24.3. The summed E-state index contributed by atoms with van der Waals surface area (Å²) in [5, 5.41) is 9.90. The maximum absolute atomic E-state index is 11.9. The number of fused-ring (bicyclic) bond motifs is 1. The fraction of sp³-hybridized carbons (Fsp3) is 0.533. The maximum atomic E-state index is 11.9. The zero-order chi connectivity index (χ0) is 14.1. The summed E-state index contributed by atoms with van der Waals surface area (Å²) in [5.41, 5.74) is 1.47. The predicted molar refractivity (Wildman–Crippen MR) is 76.7 cm³/mol. The highest BCUT2D eigenvalue weighted by atomic mass is 16.4. The van der Waals surface area contributed by atoms with E-state index in [0.29, 0.717) is 24.6 Å². The first-order valence-corrected chi connectivity index (χ1v) is 7.14. The second-order valence-corrected chi connectivity index (χ2v) is 5.62. The zero-order valence-corrected chi connectivity index (χ0v) is 11.7. The van der Waals surface area contributed by atoms with Crippen molar-refractivity contribution in [3.05, 3.63) is 34.8 Å². The van der Waals surface area contributed by atoms with Gasteiger partial charge in [-0.1, -0.05) is 19.1 Å². The van der Waals surface area contributed by atoms with Crippen LogP contribution in [0.15, 0.2) is 33.5 Å². The number of oxazole rings is 1. The van der Waals surface area contributed by atoms with Crippen molar-refractivity contribution in [2.24, 2.45) is 5.92 Å². The smallest absolute Gasteiger partial charge is 0.408 e. The molecule has 1 aromatic carbocycles. The minimum absolute atomic E-state index is 0.262. The van der Waals surface area contributed by atoms with E-state index in [9.17, 15) is 9.90 Å². The molecule has 5 heteroatoms. The lowest BCUT2D eigenvalue weighted by Gasteiger charge is -2.34. The fourth-order valence-electron chi connectivity index (χ4n) is 2.78. The second kappa shape index (κ2) is 5.42. The van der Waals surface area contributed by atoms with E-state index >= 15 is 0 Å². The Balaban J connectivity index is 1.71. The van der Waals surface area contributed by atoms with Crippen molar-refractivity contribution in [1.82, 2.24) is 9.47 Å². The number of aliphatic hydroxyl groups excluding tert-OH is 1. The van der Waals surface area contributed by atoms with E-state index in [1.165, 1.54) is 0 Å². The van der Waals surface area contributed by atoms with Gasteiger partial charge in [0, 0.05) is 19.6 Å². The molecule has 0 radical (unpaired) electrons. The number of hydrogen-bond donors (Lipinski definition) is 1. The maximum Gasteiger partial charge on any atom is 0.419 e. The summed E-state index contributed by atoms with van der Waals surface area (Å²) >= 11 is 0. The molecule has 1 aliphatic heterocycles. The molecule has 3 rings (SSSR count). The fourth-order valence-corrected chi connectivity index (χ4v) is 2.78. The van der Waals surface area contributed by atoms with Gasteiger partial charge in [0.25, 0.3) is 0 Å². The van der Waals surface area contributed by atoms with Crippen LogP contribution in [0.3, 0.4) is 0 Å². The van der Waals surface area contributed by atoms with Crippen LogP contribution in [0, 0.1) is 5.92 Å². The Labute approximate surface area is 117 Å². The molecule has 108 valence electrons. The third kappa shape index (κ3) is 2.51. The molecule has 1 aromatic heterocycles. The number of hydrogen-bond acceptors (Lipinski definition) is 4. The summed E-state index contributed by atoms with van der Waals surface area (Å²) in [7, 11) is 0. The quantitative estimate of drug-likeness (QED) is 0.918. The highest BCUT2D eigenvalue weighted by Crippen LogP contribution is 2.17. The van der Waals surface area contributed by atoms with Crippen LogP contribution in [0.1, 0.15) is 13.3 Å². The second-order valence-electron chi connectivity index (χ2n) is 5.62. The molecule has 1 N–H and O–H groups in total. The van der Waals surface area contributed by atoms with Gasteiger partial charge in [-0.25, -0.2) is 4.79 Å². The number of β-amino-alcohol motifs (C(OH)–C–C–N with tert-alkyl or cyclic N) is 1. The third-order valence-corrected chi connectivity index (χ3v) is 4.22. The summed E-state index contributed by atoms with van der Waals surface area (Å²) < 4.78 is 6.88.